The topological polar surface area (TPSA) is 12.0 Å². The third kappa shape index (κ3) is 4.73. The van der Waals surface area contributed by atoms with E-state index in [4.69, 9.17) is 0 Å². The number of nitrogens with one attached hydrogen (secondary N) is 1. The van der Waals surface area contributed by atoms with Crippen LogP contribution in [0.25, 0.3) is 0 Å². The predicted molar refractivity (Wildman–Crippen MR) is 71.6 cm³/mol. The lowest BCUT2D eigenvalue weighted by Gasteiger charge is -2.20. The van der Waals surface area contributed by atoms with Gasteiger partial charge in [-0.25, -0.2) is 8.78 Å². The summed E-state index contributed by atoms with van der Waals surface area (Å²) in [4.78, 5) is 0. The summed E-state index contributed by atoms with van der Waals surface area (Å²) < 4.78 is 26.6. The molecule has 0 aromatic heterocycles. The molecule has 0 radical (unpaired) electrons. The van der Waals surface area contributed by atoms with Crippen LogP contribution in [0.3, 0.4) is 0 Å². The van der Waals surface area contributed by atoms with Crippen molar-refractivity contribution in [3.05, 3.63) is 35.4 Å². The van der Waals surface area contributed by atoms with Crippen molar-refractivity contribution in [3.8, 4) is 0 Å². The molecule has 1 unspecified atom stereocenters. The molecule has 0 bridgehead atoms. The summed E-state index contributed by atoms with van der Waals surface area (Å²) in [5, 5.41) is 3.40. The molecule has 1 aromatic carbocycles. The van der Waals surface area contributed by atoms with Gasteiger partial charge in [-0.3, -0.25) is 0 Å². The zero-order valence-electron chi connectivity index (χ0n) is 11.5. The summed E-state index contributed by atoms with van der Waals surface area (Å²) in [6, 6.07) is 4.77. The maximum Gasteiger partial charge on any atom is 0.162 e. The zero-order valence-corrected chi connectivity index (χ0v) is 11.5. The minimum Gasteiger partial charge on any atom is -0.314 e. The molecule has 18 heavy (non-hydrogen) atoms. The standard InChI is InChI=1S/C15H23F2N/c1-4-18-13(10-11(2)3)9-8-12-6-5-7-14(16)15(12)17/h5-7,11,13,18H,4,8-10H2,1-3H3. The van der Waals surface area contributed by atoms with Crippen molar-refractivity contribution in [1.82, 2.24) is 5.32 Å². The monoisotopic (exact) mass is 255 g/mol. The average molecular weight is 255 g/mol. The molecule has 0 saturated carbocycles. The van der Waals surface area contributed by atoms with Gasteiger partial charge < -0.3 is 5.32 Å². The molecule has 0 aliphatic heterocycles. The lowest BCUT2D eigenvalue weighted by atomic mass is 9.97. The van der Waals surface area contributed by atoms with E-state index in [1.165, 1.54) is 0 Å². The SMILES string of the molecule is CCNC(CCc1cccc(F)c1F)CC(C)C. The van der Waals surface area contributed by atoms with E-state index in [0.29, 0.717) is 23.9 Å². The number of rotatable bonds is 7. The molecule has 0 aliphatic carbocycles. The second kappa shape index (κ2) is 7.47. The van der Waals surface area contributed by atoms with Crippen LogP contribution in [0.15, 0.2) is 18.2 Å². The van der Waals surface area contributed by atoms with Gasteiger partial charge in [-0.05, 0) is 43.4 Å². The smallest absolute Gasteiger partial charge is 0.162 e. The molecular formula is C15H23F2N. The van der Waals surface area contributed by atoms with Crippen LogP contribution in [-0.4, -0.2) is 12.6 Å². The normalized spacial score (nSPS) is 13.0. The lowest BCUT2D eigenvalue weighted by molar-refractivity contribution is 0.402. The van der Waals surface area contributed by atoms with Crippen molar-refractivity contribution in [1.29, 1.82) is 0 Å². The Balaban J connectivity index is 2.58. The Morgan fingerprint density at radius 3 is 2.56 bits per heavy atom. The predicted octanol–water partition coefficient (Wildman–Crippen LogP) is 3.92. The fourth-order valence-corrected chi connectivity index (χ4v) is 2.23. The summed E-state index contributed by atoms with van der Waals surface area (Å²) in [6.45, 7) is 7.32. The van der Waals surface area contributed by atoms with Crippen molar-refractivity contribution in [2.45, 2.75) is 46.1 Å². The van der Waals surface area contributed by atoms with Crippen LogP contribution >= 0.6 is 0 Å². The highest BCUT2D eigenvalue weighted by molar-refractivity contribution is 5.19. The number of hydrogen-bond donors (Lipinski definition) is 1. The third-order valence-corrected chi connectivity index (χ3v) is 3.04. The molecule has 3 heteroatoms. The van der Waals surface area contributed by atoms with E-state index >= 15 is 0 Å². The summed E-state index contributed by atoms with van der Waals surface area (Å²) in [6.07, 6.45) is 2.48. The molecule has 0 spiro atoms. The average Bonchev–Trinajstić information content (AvgIpc) is 2.30. The Morgan fingerprint density at radius 1 is 1.22 bits per heavy atom. The summed E-state index contributed by atoms with van der Waals surface area (Å²) in [7, 11) is 0. The van der Waals surface area contributed by atoms with Crippen LogP contribution in [0.4, 0.5) is 8.78 Å². The fourth-order valence-electron chi connectivity index (χ4n) is 2.23. The highest BCUT2D eigenvalue weighted by Crippen LogP contribution is 2.16. The van der Waals surface area contributed by atoms with Crippen LogP contribution in [0.1, 0.15) is 39.2 Å². The molecule has 102 valence electrons. The van der Waals surface area contributed by atoms with E-state index in [-0.39, 0.29) is 0 Å². The van der Waals surface area contributed by atoms with E-state index < -0.39 is 11.6 Å². The molecule has 0 heterocycles. The van der Waals surface area contributed by atoms with Gasteiger partial charge in [0, 0.05) is 6.04 Å². The van der Waals surface area contributed by atoms with Crippen molar-refractivity contribution in [3.63, 3.8) is 0 Å². The highest BCUT2D eigenvalue weighted by atomic mass is 19.2. The van der Waals surface area contributed by atoms with E-state index in [1.807, 2.05) is 0 Å². The number of benzene rings is 1. The van der Waals surface area contributed by atoms with Crippen LogP contribution in [0, 0.1) is 17.6 Å². The Morgan fingerprint density at radius 2 is 1.94 bits per heavy atom. The van der Waals surface area contributed by atoms with Gasteiger partial charge in [0.25, 0.3) is 0 Å². The summed E-state index contributed by atoms with van der Waals surface area (Å²) >= 11 is 0. The van der Waals surface area contributed by atoms with Crippen LogP contribution in [0.2, 0.25) is 0 Å². The van der Waals surface area contributed by atoms with E-state index in [0.717, 1.165) is 25.5 Å². The first-order chi connectivity index (χ1) is 8.54. The van der Waals surface area contributed by atoms with Gasteiger partial charge >= 0.3 is 0 Å². The Kier molecular flexibility index (Phi) is 6.27. The number of halogens is 2. The van der Waals surface area contributed by atoms with Crippen molar-refractivity contribution in [2.75, 3.05) is 6.54 Å². The van der Waals surface area contributed by atoms with Gasteiger partial charge in [0.15, 0.2) is 11.6 Å². The molecule has 0 saturated heterocycles. The molecule has 1 N–H and O–H groups in total. The van der Waals surface area contributed by atoms with Crippen molar-refractivity contribution in [2.24, 2.45) is 5.92 Å². The van der Waals surface area contributed by atoms with E-state index in [2.05, 4.69) is 26.1 Å². The van der Waals surface area contributed by atoms with Gasteiger partial charge in [-0.2, -0.15) is 0 Å². The maximum atomic E-state index is 13.5. The van der Waals surface area contributed by atoms with E-state index in [1.54, 1.807) is 12.1 Å². The first-order valence-corrected chi connectivity index (χ1v) is 6.70. The molecule has 1 atom stereocenters. The van der Waals surface area contributed by atoms with Gasteiger partial charge in [0.1, 0.15) is 0 Å². The molecule has 0 fully saturated rings. The lowest BCUT2D eigenvalue weighted by Crippen LogP contribution is -2.30. The van der Waals surface area contributed by atoms with E-state index in [9.17, 15) is 8.78 Å². The fraction of sp³-hybridized carbons (Fsp3) is 0.600. The Labute approximate surface area is 109 Å². The van der Waals surface area contributed by atoms with Crippen molar-refractivity contribution >= 4 is 0 Å². The van der Waals surface area contributed by atoms with Crippen molar-refractivity contribution < 1.29 is 8.78 Å². The molecule has 1 aromatic rings. The molecular weight excluding hydrogens is 232 g/mol. The molecule has 0 aliphatic rings. The third-order valence-electron chi connectivity index (χ3n) is 3.04. The van der Waals surface area contributed by atoms with Gasteiger partial charge in [0.05, 0.1) is 0 Å². The van der Waals surface area contributed by atoms with Crippen LogP contribution < -0.4 is 5.32 Å². The summed E-state index contributed by atoms with van der Waals surface area (Å²) in [5.41, 5.74) is 0.474. The Bertz CT molecular complexity index is 364. The number of aryl methyl sites for hydroxylation is 1. The second-order valence-electron chi connectivity index (χ2n) is 5.14. The zero-order chi connectivity index (χ0) is 13.5. The largest absolute Gasteiger partial charge is 0.314 e. The molecule has 0 amide bonds. The summed E-state index contributed by atoms with van der Waals surface area (Å²) in [5.74, 6) is -0.847. The van der Waals surface area contributed by atoms with Gasteiger partial charge in [0.2, 0.25) is 0 Å². The quantitative estimate of drug-likeness (QED) is 0.778. The minimum absolute atomic E-state index is 0.373. The first kappa shape index (κ1) is 15.1. The molecule has 1 rings (SSSR count). The highest BCUT2D eigenvalue weighted by Gasteiger charge is 2.12. The first-order valence-electron chi connectivity index (χ1n) is 6.70. The molecule has 1 nitrogen and oxygen atoms in total. The van der Waals surface area contributed by atoms with Gasteiger partial charge in [-0.1, -0.05) is 32.9 Å². The second-order valence-corrected chi connectivity index (χ2v) is 5.14. The number of hydrogen-bond acceptors (Lipinski definition) is 1. The maximum absolute atomic E-state index is 13.5. The van der Waals surface area contributed by atoms with Gasteiger partial charge in [-0.15, -0.1) is 0 Å². The van der Waals surface area contributed by atoms with Crippen LogP contribution in [-0.2, 0) is 6.42 Å². The Hall–Kier alpha value is -0.960. The minimum atomic E-state index is -0.753. The van der Waals surface area contributed by atoms with Crippen LogP contribution in [0.5, 0.6) is 0 Å².